The van der Waals surface area contributed by atoms with Crippen molar-refractivity contribution in [3.63, 3.8) is 0 Å². The fourth-order valence-corrected chi connectivity index (χ4v) is 3.60. The summed E-state index contributed by atoms with van der Waals surface area (Å²) in [4.78, 5) is 13.0. The van der Waals surface area contributed by atoms with E-state index in [4.69, 9.17) is 16.3 Å². The van der Waals surface area contributed by atoms with Crippen LogP contribution in [0.1, 0.15) is 34.0 Å². The Kier molecular flexibility index (Phi) is 6.42. The fourth-order valence-electron chi connectivity index (χ4n) is 2.97. The molecule has 0 aliphatic carbocycles. The second kappa shape index (κ2) is 8.80. The lowest BCUT2D eigenvalue weighted by molar-refractivity contribution is 0.103. The van der Waals surface area contributed by atoms with E-state index >= 15 is 0 Å². The molecule has 3 rings (SSSR count). The summed E-state index contributed by atoms with van der Waals surface area (Å²) in [5.41, 5.74) is 4.86. The van der Waals surface area contributed by atoms with Gasteiger partial charge in [0.15, 0.2) is 5.78 Å². The summed E-state index contributed by atoms with van der Waals surface area (Å²) >= 11 is 9.98. The maximum atomic E-state index is 13.0. The molecule has 5 heteroatoms. The Labute approximate surface area is 178 Å². The minimum Gasteiger partial charge on any atom is -0.494 e. The van der Waals surface area contributed by atoms with Crippen LogP contribution in [0.5, 0.6) is 5.75 Å². The van der Waals surface area contributed by atoms with Crippen LogP contribution < -0.4 is 10.1 Å². The number of carbonyl (C=O) groups excluding carboxylic acids is 1. The van der Waals surface area contributed by atoms with Crippen LogP contribution in [-0.4, -0.2) is 12.4 Å². The zero-order valence-electron chi connectivity index (χ0n) is 16.0. The highest BCUT2D eigenvalue weighted by atomic mass is 79.9. The number of ether oxygens (including phenoxy) is 1. The van der Waals surface area contributed by atoms with Gasteiger partial charge >= 0.3 is 0 Å². The molecule has 1 N–H and O–H groups in total. The number of rotatable bonds is 6. The van der Waals surface area contributed by atoms with Crippen molar-refractivity contribution in [1.82, 2.24) is 0 Å². The predicted molar refractivity (Wildman–Crippen MR) is 119 cm³/mol. The third-order valence-corrected chi connectivity index (χ3v) is 5.69. The Morgan fingerprint density at radius 1 is 1.07 bits per heavy atom. The minimum absolute atomic E-state index is 0.101. The Hall–Kier alpha value is -2.30. The molecule has 0 aliphatic heterocycles. The number of halogens is 2. The quantitative estimate of drug-likeness (QED) is 0.401. The van der Waals surface area contributed by atoms with Crippen LogP contribution in [-0.2, 0) is 0 Å². The van der Waals surface area contributed by atoms with Gasteiger partial charge in [-0.05, 0) is 80.4 Å². The molecule has 0 atom stereocenters. The average molecular weight is 459 g/mol. The Morgan fingerprint density at radius 2 is 1.82 bits per heavy atom. The maximum absolute atomic E-state index is 13.0. The lowest BCUT2D eigenvalue weighted by atomic mass is 9.98. The van der Waals surface area contributed by atoms with Gasteiger partial charge in [0, 0.05) is 27.0 Å². The van der Waals surface area contributed by atoms with Crippen molar-refractivity contribution in [2.75, 3.05) is 11.9 Å². The fraction of sp³-hybridized carbons (Fsp3) is 0.174. The maximum Gasteiger partial charge on any atom is 0.194 e. The molecule has 0 spiro atoms. The molecule has 0 aliphatic rings. The van der Waals surface area contributed by atoms with Crippen molar-refractivity contribution in [2.45, 2.75) is 20.8 Å². The standard InChI is InChI=1S/C23H21BrClNO2/c1-4-28-17-9-11-18(14(2)12-17)23(27)19-10-8-16(13-21(19)25)26-22-7-5-6-20(24)15(22)3/h5-13,26H,4H2,1-3H3. The molecule has 3 nitrogen and oxygen atoms in total. The lowest BCUT2D eigenvalue weighted by Gasteiger charge is -2.13. The topological polar surface area (TPSA) is 38.3 Å². The number of anilines is 2. The summed E-state index contributed by atoms with van der Waals surface area (Å²) in [7, 11) is 0. The van der Waals surface area contributed by atoms with Crippen molar-refractivity contribution in [3.8, 4) is 5.75 Å². The number of ketones is 1. The Balaban J connectivity index is 1.86. The van der Waals surface area contributed by atoms with Gasteiger partial charge in [0.25, 0.3) is 0 Å². The first kappa shape index (κ1) is 20.4. The molecular formula is C23H21BrClNO2. The number of hydrogen-bond acceptors (Lipinski definition) is 3. The zero-order valence-corrected chi connectivity index (χ0v) is 18.3. The molecule has 0 amide bonds. The SMILES string of the molecule is CCOc1ccc(C(=O)c2ccc(Nc3cccc(Br)c3C)cc2Cl)c(C)c1. The molecule has 0 aromatic heterocycles. The highest BCUT2D eigenvalue weighted by Crippen LogP contribution is 2.30. The molecule has 0 unspecified atom stereocenters. The molecule has 0 radical (unpaired) electrons. The summed E-state index contributed by atoms with van der Waals surface area (Å²) in [6.45, 7) is 6.44. The van der Waals surface area contributed by atoms with Crippen molar-refractivity contribution in [2.24, 2.45) is 0 Å². The van der Waals surface area contributed by atoms with Gasteiger partial charge in [0.05, 0.1) is 11.6 Å². The highest BCUT2D eigenvalue weighted by Gasteiger charge is 2.16. The van der Waals surface area contributed by atoms with Crippen molar-refractivity contribution in [3.05, 3.63) is 86.3 Å². The third kappa shape index (κ3) is 4.40. The van der Waals surface area contributed by atoms with Gasteiger partial charge in [0.1, 0.15) is 5.75 Å². The van der Waals surface area contributed by atoms with Gasteiger partial charge < -0.3 is 10.1 Å². The molecular weight excluding hydrogens is 438 g/mol. The molecule has 0 heterocycles. The van der Waals surface area contributed by atoms with E-state index in [0.717, 1.165) is 32.7 Å². The largest absolute Gasteiger partial charge is 0.494 e. The molecule has 3 aromatic carbocycles. The van der Waals surface area contributed by atoms with Crippen molar-refractivity contribution >= 4 is 44.7 Å². The van der Waals surface area contributed by atoms with E-state index in [9.17, 15) is 4.79 Å². The second-order valence-corrected chi connectivity index (χ2v) is 7.73. The molecule has 28 heavy (non-hydrogen) atoms. The van der Waals surface area contributed by atoms with E-state index in [1.54, 1.807) is 18.2 Å². The van der Waals surface area contributed by atoms with Crippen LogP contribution in [0.4, 0.5) is 11.4 Å². The van der Waals surface area contributed by atoms with E-state index in [0.29, 0.717) is 22.8 Å². The van der Waals surface area contributed by atoms with Crippen LogP contribution in [0.3, 0.4) is 0 Å². The number of aryl methyl sites for hydroxylation is 1. The minimum atomic E-state index is -0.101. The number of carbonyl (C=O) groups is 1. The van der Waals surface area contributed by atoms with E-state index in [1.807, 2.05) is 57.2 Å². The zero-order chi connectivity index (χ0) is 20.3. The highest BCUT2D eigenvalue weighted by molar-refractivity contribution is 9.10. The predicted octanol–water partition coefficient (Wildman–Crippen LogP) is 7.09. The van der Waals surface area contributed by atoms with E-state index in [-0.39, 0.29) is 5.78 Å². The van der Waals surface area contributed by atoms with Gasteiger partial charge in [-0.1, -0.05) is 33.6 Å². The monoisotopic (exact) mass is 457 g/mol. The number of benzene rings is 3. The van der Waals surface area contributed by atoms with Gasteiger partial charge in [0.2, 0.25) is 0 Å². The first-order chi connectivity index (χ1) is 13.4. The summed E-state index contributed by atoms with van der Waals surface area (Å²) in [5.74, 6) is 0.655. The summed E-state index contributed by atoms with van der Waals surface area (Å²) in [6, 6.07) is 16.8. The number of nitrogens with one attached hydrogen (secondary N) is 1. The Bertz CT molecular complexity index is 1030. The Morgan fingerprint density at radius 3 is 2.50 bits per heavy atom. The van der Waals surface area contributed by atoms with Crippen molar-refractivity contribution < 1.29 is 9.53 Å². The molecule has 144 valence electrons. The summed E-state index contributed by atoms with van der Waals surface area (Å²) in [5, 5.41) is 3.76. The second-order valence-electron chi connectivity index (χ2n) is 6.47. The normalized spacial score (nSPS) is 10.6. The first-order valence-electron chi connectivity index (χ1n) is 9.00. The van der Waals surface area contributed by atoms with E-state index in [2.05, 4.69) is 21.2 Å². The molecule has 0 saturated carbocycles. The van der Waals surface area contributed by atoms with Gasteiger partial charge in [-0.3, -0.25) is 4.79 Å². The van der Waals surface area contributed by atoms with E-state index < -0.39 is 0 Å². The van der Waals surface area contributed by atoms with Gasteiger partial charge in [-0.2, -0.15) is 0 Å². The third-order valence-electron chi connectivity index (χ3n) is 4.51. The summed E-state index contributed by atoms with van der Waals surface area (Å²) < 4.78 is 6.52. The van der Waals surface area contributed by atoms with E-state index in [1.165, 1.54) is 0 Å². The molecule has 0 bridgehead atoms. The van der Waals surface area contributed by atoms with Crippen molar-refractivity contribution in [1.29, 1.82) is 0 Å². The van der Waals surface area contributed by atoms with Crippen LogP contribution in [0.25, 0.3) is 0 Å². The average Bonchev–Trinajstić information content (AvgIpc) is 2.65. The molecule has 0 saturated heterocycles. The summed E-state index contributed by atoms with van der Waals surface area (Å²) in [6.07, 6.45) is 0. The van der Waals surface area contributed by atoms with Gasteiger partial charge in [-0.15, -0.1) is 0 Å². The first-order valence-corrected chi connectivity index (χ1v) is 10.2. The smallest absolute Gasteiger partial charge is 0.194 e. The van der Waals surface area contributed by atoms with Crippen LogP contribution in [0, 0.1) is 13.8 Å². The van der Waals surface area contributed by atoms with Crippen LogP contribution >= 0.6 is 27.5 Å². The van der Waals surface area contributed by atoms with Gasteiger partial charge in [-0.25, -0.2) is 0 Å². The lowest BCUT2D eigenvalue weighted by Crippen LogP contribution is -2.05. The molecule has 3 aromatic rings. The van der Waals surface area contributed by atoms with Crippen LogP contribution in [0.2, 0.25) is 5.02 Å². The number of hydrogen-bond donors (Lipinski definition) is 1. The molecule has 0 fully saturated rings. The van der Waals surface area contributed by atoms with Crippen LogP contribution in [0.15, 0.2) is 59.1 Å².